The first-order valence-electron chi connectivity index (χ1n) is 12.6. The predicted octanol–water partition coefficient (Wildman–Crippen LogP) is 5.31. The van der Waals surface area contributed by atoms with Crippen LogP contribution in [0.15, 0.2) is 85.1 Å². The van der Waals surface area contributed by atoms with E-state index in [1.54, 1.807) is 0 Å². The lowest BCUT2D eigenvalue weighted by Gasteiger charge is -2.26. The van der Waals surface area contributed by atoms with Gasteiger partial charge in [0.25, 0.3) is 0 Å². The third-order valence-corrected chi connectivity index (χ3v) is 7.16. The van der Waals surface area contributed by atoms with Crippen molar-refractivity contribution in [1.82, 2.24) is 14.8 Å². The molecule has 5 nitrogen and oxygen atoms in total. The third-order valence-electron chi connectivity index (χ3n) is 6.91. The third kappa shape index (κ3) is 5.98. The van der Waals surface area contributed by atoms with Crippen molar-refractivity contribution in [1.29, 1.82) is 0 Å². The molecule has 1 atom stereocenters. The summed E-state index contributed by atoms with van der Waals surface area (Å²) >= 11 is 6.20. The number of ether oxygens (including phenoxy) is 1. The van der Waals surface area contributed by atoms with Crippen LogP contribution in [0, 0.1) is 0 Å². The van der Waals surface area contributed by atoms with Gasteiger partial charge in [0.1, 0.15) is 0 Å². The van der Waals surface area contributed by atoms with Gasteiger partial charge in [0.15, 0.2) is 0 Å². The Hall–Kier alpha value is -3.12. The molecule has 5 rings (SSSR count). The highest BCUT2D eigenvalue weighted by atomic mass is 35.5. The number of carbonyl (C=O) groups excluding carboxylic acids is 1. The second kappa shape index (κ2) is 11.7. The Kier molecular flexibility index (Phi) is 8.01. The standard InChI is InChI=1S/C30H32ClN3O2/c31-25-12-10-24(11-13-25)27(20-30(35)32-14-15-33-16-18-36-19-17-33)28-22-34(21-23-6-2-1-3-7-23)29-9-5-4-8-26(28)29/h1-13,22,27H,14-21H2,(H,32,35)/t27-/m1/s1. The summed E-state index contributed by atoms with van der Waals surface area (Å²) in [6.45, 7) is 5.63. The van der Waals surface area contributed by atoms with E-state index in [2.05, 4.69) is 69.5 Å². The second-order valence-corrected chi connectivity index (χ2v) is 9.76. The van der Waals surface area contributed by atoms with E-state index in [-0.39, 0.29) is 11.8 Å². The van der Waals surface area contributed by atoms with Crippen molar-refractivity contribution < 1.29 is 9.53 Å². The van der Waals surface area contributed by atoms with Crippen LogP contribution in [0.3, 0.4) is 0 Å². The first kappa shape index (κ1) is 24.6. The van der Waals surface area contributed by atoms with E-state index in [0.717, 1.165) is 50.5 Å². The van der Waals surface area contributed by atoms with Crippen LogP contribution >= 0.6 is 11.6 Å². The number of fused-ring (bicyclic) bond motifs is 1. The van der Waals surface area contributed by atoms with Gasteiger partial charge >= 0.3 is 0 Å². The Balaban J connectivity index is 1.41. The van der Waals surface area contributed by atoms with Gasteiger partial charge in [0.2, 0.25) is 5.91 Å². The molecule has 1 aliphatic heterocycles. The average Bonchev–Trinajstić information content (AvgIpc) is 3.27. The summed E-state index contributed by atoms with van der Waals surface area (Å²) < 4.78 is 7.71. The lowest BCUT2D eigenvalue weighted by molar-refractivity contribution is -0.121. The highest BCUT2D eigenvalue weighted by Gasteiger charge is 2.23. The van der Waals surface area contributed by atoms with Gasteiger partial charge in [-0.15, -0.1) is 0 Å². The Morgan fingerprint density at radius 2 is 1.67 bits per heavy atom. The molecule has 1 aromatic heterocycles. The molecule has 2 heterocycles. The zero-order valence-corrected chi connectivity index (χ0v) is 21.2. The van der Waals surface area contributed by atoms with Gasteiger partial charge < -0.3 is 14.6 Å². The molecule has 1 saturated heterocycles. The van der Waals surface area contributed by atoms with Crippen molar-refractivity contribution >= 4 is 28.4 Å². The van der Waals surface area contributed by atoms with E-state index in [1.165, 1.54) is 16.5 Å². The lowest BCUT2D eigenvalue weighted by atomic mass is 9.88. The molecular formula is C30H32ClN3O2. The normalized spacial score (nSPS) is 15.1. The van der Waals surface area contributed by atoms with Crippen molar-refractivity contribution in [2.45, 2.75) is 18.9 Å². The summed E-state index contributed by atoms with van der Waals surface area (Å²) in [7, 11) is 0. The van der Waals surface area contributed by atoms with Gasteiger partial charge in [-0.3, -0.25) is 9.69 Å². The number of morpholine rings is 1. The summed E-state index contributed by atoms with van der Waals surface area (Å²) in [5.74, 6) is -0.0179. The molecule has 1 fully saturated rings. The van der Waals surface area contributed by atoms with Gasteiger partial charge in [-0.1, -0.05) is 72.3 Å². The van der Waals surface area contributed by atoms with Crippen molar-refractivity contribution in [3.63, 3.8) is 0 Å². The number of nitrogens with zero attached hydrogens (tertiary/aromatic N) is 2. The van der Waals surface area contributed by atoms with E-state index < -0.39 is 0 Å². The molecule has 1 N–H and O–H groups in total. The highest BCUT2D eigenvalue weighted by Crippen LogP contribution is 2.35. The van der Waals surface area contributed by atoms with Gasteiger partial charge in [-0.05, 0) is 34.9 Å². The van der Waals surface area contributed by atoms with Crippen LogP contribution in [-0.2, 0) is 16.1 Å². The first-order valence-corrected chi connectivity index (χ1v) is 13.0. The molecule has 0 unspecified atom stereocenters. The molecule has 1 aliphatic rings. The fourth-order valence-corrected chi connectivity index (χ4v) is 5.13. The van der Waals surface area contributed by atoms with E-state index in [4.69, 9.17) is 16.3 Å². The maximum atomic E-state index is 13.2. The zero-order valence-electron chi connectivity index (χ0n) is 20.4. The SMILES string of the molecule is O=C(C[C@H](c1ccc(Cl)cc1)c1cn(Cc2ccccc2)c2ccccc12)NCCN1CCOCC1. The number of aromatic nitrogens is 1. The summed E-state index contributed by atoms with van der Waals surface area (Å²) in [4.78, 5) is 15.5. The summed E-state index contributed by atoms with van der Waals surface area (Å²) in [6, 6.07) is 26.8. The predicted molar refractivity (Wildman–Crippen MR) is 146 cm³/mol. The quantitative estimate of drug-likeness (QED) is 0.338. The smallest absolute Gasteiger partial charge is 0.220 e. The van der Waals surface area contributed by atoms with E-state index >= 15 is 0 Å². The Bertz CT molecular complexity index is 1280. The van der Waals surface area contributed by atoms with Crippen molar-refractivity contribution in [3.05, 3.63) is 107 Å². The molecule has 4 aromatic rings. The van der Waals surface area contributed by atoms with Crippen LogP contribution < -0.4 is 5.32 Å². The summed E-state index contributed by atoms with van der Waals surface area (Å²) in [5, 5.41) is 5.02. The van der Waals surface area contributed by atoms with Crippen LogP contribution in [-0.4, -0.2) is 54.8 Å². The van der Waals surface area contributed by atoms with Crippen LogP contribution in [0.25, 0.3) is 10.9 Å². The number of para-hydroxylation sites is 1. The number of benzene rings is 3. The number of carbonyl (C=O) groups is 1. The van der Waals surface area contributed by atoms with Crippen molar-refractivity contribution in [2.24, 2.45) is 0 Å². The molecule has 0 aliphatic carbocycles. The van der Waals surface area contributed by atoms with Crippen LogP contribution in [0.1, 0.15) is 29.0 Å². The zero-order chi connectivity index (χ0) is 24.7. The molecular weight excluding hydrogens is 470 g/mol. The maximum absolute atomic E-state index is 13.2. The number of halogens is 1. The number of hydrogen-bond acceptors (Lipinski definition) is 3. The van der Waals surface area contributed by atoms with E-state index in [1.807, 2.05) is 30.3 Å². The van der Waals surface area contributed by atoms with Gasteiger partial charge in [0.05, 0.1) is 13.2 Å². The first-order chi connectivity index (χ1) is 17.7. The van der Waals surface area contributed by atoms with Crippen LogP contribution in [0.4, 0.5) is 0 Å². The van der Waals surface area contributed by atoms with E-state index in [9.17, 15) is 4.79 Å². The minimum absolute atomic E-state index is 0.0584. The second-order valence-electron chi connectivity index (χ2n) is 9.33. The fourth-order valence-electron chi connectivity index (χ4n) is 5.00. The molecule has 1 amide bonds. The molecule has 186 valence electrons. The Morgan fingerprint density at radius 3 is 2.44 bits per heavy atom. The molecule has 6 heteroatoms. The van der Waals surface area contributed by atoms with Crippen molar-refractivity contribution in [2.75, 3.05) is 39.4 Å². The molecule has 36 heavy (non-hydrogen) atoms. The number of rotatable bonds is 9. The van der Waals surface area contributed by atoms with Gasteiger partial charge in [0, 0.05) is 67.2 Å². The molecule has 0 saturated carbocycles. The fraction of sp³-hybridized carbons (Fsp3) is 0.300. The minimum atomic E-state index is -0.0763. The molecule has 0 spiro atoms. The minimum Gasteiger partial charge on any atom is -0.379 e. The number of hydrogen-bond donors (Lipinski definition) is 1. The number of nitrogens with one attached hydrogen (secondary N) is 1. The Morgan fingerprint density at radius 1 is 0.944 bits per heavy atom. The molecule has 0 radical (unpaired) electrons. The topological polar surface area (TPSA) is 46.5 Å². The largest absolute Gasteiger partial charge is 0.379 e. The number of amides is 1. The summed E-state index contributed by atoms with van der Waals surface area (Å²) in [5.41, 5.74) is 4.66. The highest BCUT2D eigenvalue weighted by molar-refractivity contribution is 6.30. The summed E-state index contributed by atoms with van der Waals surface area (Å²) in [6.07, 6.45) is 2.60. The van der Waals surface area contributed by atoms with Crippen LogP contribution in [0.5, 0.6) is 0 Å². The van der Waals surface area contributed by atoms with Gasteiger partial charge in [-0.2, -0.15) is 0 Å². The molecule has 0 bridgehead atoms. The maximum Gasteiger partial charge on any atom is 0.220 e. The van der Waals surface area contributed by atoms with Gasteiger partial charge in [-0.25, -0.2) is 0 Å². The van der Waals surface area contributed by atoms with E-state index in [0.29, 0.717) is 18.0 Å². The Labute approximate surface area is 217 Å². The monoisotopic (exact) mass is 501 g/mol. The average molecular weight is 502 g/mol. The van der Waals surface area contributed by atoms with Crippen molar-refractivity contribution in [3.8, 4) is 0 Å². The van der Waals surface area contributed by atoms with Crippen LogP contribution in [0.2, 0.25) is 5.02 Å². The lowest BCUT2D eigenvalue weighted by Crippen LogP contribution is -2.41. The molecule has 3 aromatic carbocycles.